The molecule has 0 saturated carbocycles. The minimum atomic E-state index is -0.946. The van der Waals surface area contributed by atoms with Crippen LogP contribution in [-0.2, 0) is 13.1 Å². The molecule has 0 aliphatic heterocycles. The van der Waals surface area contributed by atoms with Crippen molar-refractivity contribution in [3.8, 4) is 0 Å². The van der Waals surface area contributed by atoms with Crippen molar-refractivity contribution < 1.29 is 23.5 Å². The standard InChI is InChI=1S/C28H30F2IN3O3/c1-18-7-21(27(36)33(2)3)12-22(8-18)28(37)34(16-20-9-23(29)13-24(30)10-20)17-26(35)15-32-14-19-5-4-6-25(31)11-19/h4-13,26,32,35H,14-17H2,1-3H3/t26-/m1/s1. The summed E-state index contributed by atoms with van der Waals surface area (Å²) >= 11 is 2.23. The second-order valence-corrected chi connectivity index (χ2v) is 10.4. The van der Waals surface area contributed by atoms with Gasteiger partial charge < -0.3 is 20.2 Å². The minimum absolute atomic E-state index is 0.0822. The number of carbonyl (C=O) groups excluding carboxylic acids is 2. The number of hydrogen-bond donors (Lipinski definition) is 2. The van der Waals surface area contributed by atoms with Crippen LogP contribution in [0.2, 0.25) is 0 Å². The molecule has 0 fully saturated rings. The fourth-order valence-corrected chi connectivity index (χ4v) is 4.57. The zero-order valence-electron chi connectivity index (χ0n) is 21.0. The molecule has 0 heterocycles. The quantitative estimate of drug-likeness (QED) is 0.330. The van der Waals surface area contributed by atoms with Gasteiger partial charge in [-0.05, 0) is 88.7 Å². The Labute approximate surface area is 229 Å². The molecule has 3 aromatic rings. The van der Waals surface area contributed by atoms with E-state index in [0.29, 0.717) is 17.7 Å². The van der Waals surface area contributed by atoms with Crippen molar-refractivity contribution in [2.24, 2.45) is 0 Å². The number of rotatable bonds is 10. The topological polar surface area (TPSA) is 72.9 Å². The van der Waals surface area contributed by atoms with Crippen LogP contribution in [0.25, 0.3) is 0 Å². The van der Waals surface area contributed by atoms with Gasteiger partial charge in [0.2, 0.25) is 0 Å². The van der Waals surface area contributed by atoms with Crippen molar-refractivity contribution in [3.05, 3.63) is 104 Å². The van der Waals surface area contributed by atoms with Crippen molar-refractivity contribution >= 4 is 34.4 Å². The number of halogens is 3. The summed E-state index contributed by atoms with van der Waals surface area (Å²) in [6, 6.07) is 15.8. The Kier molecular flexibility index (Phi) is 10.1. The van der Waals surface area contributed by atoms with Crippen molar-refractivity contribution in [1.82, 2.24) is 15.1 Å². The highest BCUT2D eigenvalue weighted by molar-refractivity contribution is 14.1. The summed E-state index contributed by atoms with van der Waals surface area (Å²) in [6.45, 7) is 2.31. The molecule has 0 aliphatic rings. The molecule has 9 heteroatoms. The molecule has 0 saturated heterocycles. The van der Waals surface area contributed by atoms with Gasteiger partial charge in [0.25, 0.3) is 11.8 Å². The zero-order chi connectivity index (χ0) is 27.1. The highest BCUT2D eigenvalue weighted by Crippen LogP contribution is 2.17. The molecule has 3 aromatic carbocycles. The van der Waals surface area contributed by atoms with E-state index in [1.54, 1.807) is 33.2 Å². The van der Waals surface area contributed by atoms with E-state index in [1.165, 1.54) is 15.9 Å². The van der Waals surface area contributed by atoms with Crippen LogP contribution in [0, 0.1) is 22.1 Å². The lowest BCUT2D eigenvalue weighted by Gasteiger charge is -2.26. The fraction of sp³-hybridized carbons (Fsp3) is 0.286. The summed E-state index contributed by atoms with van der Waals surface area (Å²) in [5, 5.41) is 13.9. The molecule has 2 amide bonds. The van der Waals surface area contributed by atoms with Crippen LogP contribution in [-0.4, -0.2) is 60.0 Å². The van der Waals surface area contributed by atoms with Gasteiger partial charge in [0.1, 0.15) is 11.6 Å². The normalized spacial score (nSPS) is 11.8. The maximum absolute atomic E-state index is 13.8. The predicted octanol–water partition coefficient (Wildman–Crippen LogP) is 4.37. The molecular weight excluding hydrogens is 591 g/mol. The van der Waals surface area contributed by atoms with E-state index in [1.807, 2.05) is 24.3 Å². The third-order valence-corrected chi connectivity index (χ3v) is 6.26. The third kappa shape index (κ3) is 8.58. The third-order valence-electron chi connectivity index (χ3n) is 5.59. The Morgan fingerprint density at radius 3 is 2.22 bits per heavy atom. The van der Waals surface area contributed by atoms with E-state index in [0.717, 1.165) is 27.3 Å². The van der Waals surface area contributed by atoms with Crippen LogP contribution in [0.4, 0.5) is 8.78 Å². The summed E-state index contributed by atoms with van der Waals surface area (Å²) < 4.78 is 28.8. The number of nitrogens with zero attached hydrogens (tertiary/aromatic N) is 2. The number of nitrogens with one attached hydrogen (secondary N) is 1. The Morgan fingerprint density at radius 1 is 0.946 bits per heavy atom. The Hall–Kier alpha value is -2.89. The summed E-state index contributed by atoms with van der Waals surface area (Å²) in [5.74, 6) is -2.22. The van der Waals surface area contributed by atoms with Gasteiger partial charge in [-0.25, -0.2) is 8.78 Å². The van der Waals surface area contributed by atoms with Crippen molar-refractivity contribution in [2.75, 3.05) is 27.2 Å². The fourth-order valence-electron chi connectivity index (χ4n) is 3.96. The average Bonchev–Trinajstić information content (AvgIpc) is 2.81. The lowest BCUT2D eigenvalue weighted by Crippen LogP contribution is -2.41. The van der Waals surface area contributed by atoms with Crippen LogP contribution < -0.4 is 5.32 Å². The van der Waals surface area contributed by atoms with Crippen LogP contribution in [0.1, 0.15) is 37.4 Å². The molecule has 0 unspecified atom stereocenters. The number of aliphatic hydroxyl groups excluding tert-OH is 1. The van der Waals surface area contributed by atoms with Gasteiger partial charge in [-0.2, -0.15) is 0 Å². The summed E-state index contributed by atoms with van der Waals surface area (Å²) in [5.41, 5.74) is 2.63. The second kappa shape index (κ2) is 13.1. The van der Waals surface area contributed by atoms with Crippen molar-refractivity contribution in [3.63, 3.8) is 0 Å². The summed E-state index contributed by atoms with van der Waals surface area (Å²) in [4.78, 5) is 28.8. The molecule has 0 aliphatic carbocycles. The first-order chi connectivity index (χ1) is 17.5. The number of hydrogen-bond acceptors (Lipinski definition) is 4. The molecular formula is C28H30F2IN3O3. The number of carbonyl (C=O) groups is 2. The first kappa shape index (κ1) is 28.7. The van der Waals surface area contributed by atoms with Crippen LogP contribution >= 0.6 is 22.6 Å². The van der Waals surface area contributed by atoms with Crippen molar-refractivity contribution in [2.45, 2.75) is 26.1 Å². The molecule has 1 atom stereocenters. The number of amides is 2. The van der Waals surface area contributed by atoms with Gasteiger partial charge >= 0.3 is 0 Å². The maximum Gasteiger partial charge on any atom is 0.254 e. The average molecular weight is 621 g/mol. The van der Waals surface area contributed by atoms with Crippen LogP contribution in [0.15, 0.2) is 60.7 Å². The largest absolute Gasteiger partial charge is 0.390 e. The molecule has 37 heavy (non-hydrogen) atoms. The SMILES string of the molecule is Cc1cc(C(=O)N(C)C)cc(C(=O)N(Cc2cc(F)cc(F)c2)C[C@H](O)CNCc2cccc(I)c2)c1. The molecule has 196 valence electrons. The molecule has 3 rings (SSSR count). The Morgan fingerprint density at radius 2 is 1.59 bits per heavy atom. The van der Waals surface area contributed by atoms with Crippen LogP contribution in [0.3, 0.4) is 0 Å². The zero-order valence-corrected chi connectivity index (χ0v) is 23.1. The number of benzene rings is 3. The Bertz CT molecular complexity index is 1250. The van der Waals surface area contributed by atoms with E-state index in [4.69, 9.17) is 0 Å². The summed E-state index contributed by atoms with van der Waals surface area (Å²) in [7, 11) is 3.24. The first-order valence-electron chi connectivity index (χ1n) is 11.7. The molecule has 6 nitrogen and oxygen atoms in total. The van der Waals surface area contributed by atoms with E-state index in [9.17, 15) is 23.5 Å². The first-order valence-corrected chi connectivity index (χ1v) is 12.8. The number of aliphatic hydroxyl groups is 1. The molecule has 2 N–H and O–H groups in total. The van der Waals surface area contributed by atoms with Gasteiger partial charge in [0, 0.05) is 61.0 Å². The van der Waals surface area contributed by atoms with Gasteiger partial charge in [0.05, 0.1) is 6.10 Å². The van der Waals surface area contributed by atoms with Gasteiger partial charge in [0.15, 0.2) is 0 Å². The maximum atomic E-state index is 13.8. The van der Waals surface area contributed by atoms with Gasteiger partial charge in [-0.1, -0.05) is 12.1 Å². The van der Waals surface area contributed by atoms with E-state index in [-0.39, 0.29) is 36.7 Å². The van der Waals surface area contributed by atoms with E-state index in [2.05, 4.69) is 27.9 Å². The summed E-state index contributed by atoms with van der Waals surface area (Å²) in [6.07, 6.45) is -0.946. The highest BCUT2D eigenvalue weighted by Gasteiger charge is 2.22. The smallest absolute Gasteiger partial charge is 0.254 e. The lowest BCUT2D eigenvalue weighted by molar-refractivity contribution is 0.0603. The van der Waals surface area contributed by atoms with Crippen LogP contribution in [0.5, 0.6) is 0 Å². The molecule has 0 aromatic heterocycles. The molecule has 0 radical (unpaired) electrons. The van der Waals surface area contributed by atoms with Crippen molar-refractivity contribution in [1.29, 1.82) is 0 Å². The number of aryl methyl sites for hydroxylation is 1. The molecule has 0 bridgehead atoms. The van der Waals surface area contributed by atoms with E-state index < -0.39 is 23.6 Å². The van der Waals surface area contributed by atoms with E-state index >= 15 is 0 Å². The minimum Gasteiger partial charge on any atom is -0.390 e. The second-order valence-electron chi connectivity index (χ2n) is 9.17. The van der Waals surface area contributed by atoms with Gasteiger partial charge in [-0.3, -0.25) is 9.59 Å². The van der Waals surface area contributed by atoms with Gasteiger partial charge in [-0.15, -0.1) is 0 Å². The Balaban J connectivity index is 1.81. The highest BCUT2D eigenvalue weighted by atomic mass is 127. The lowest BCUT2D eigenvalue weighted by atomic mass is 10.0. The monoisotopic (exact) mass is 621 g/mol. The predicted molar refractivity (Wildman–Crippen MR) is 147 cm³/mol. The molecule has 0 spiro atoms.